The lowest BCUT2D eigenvalue weighted by molar-refractivity contribution is -0.217. The first-order chi connectivity index (χ1) is 13.4. The van der Waals surface area contributed by atoms with E-state index in [0.29, 0.717) is 48.5 Å². The summed E-state index contributed by atoms with van der Waals surface area (Å²) in [6, 6.07) is 0. The summed E-state index contributed by atoms with van der Waals surface area (Å²) in [6.45, 7) is 10.4. The SMILES string of the molecule is COCC12CCC(C(F)(F)F)CC1CCC1C3CCC(C(C)(C)C)C3(C)CCC12. The number of hydrogen-bond acceptors (Lipinski definition) is 1. The number of hydrogen-bond donors (Lipinski definition) is 0. The number of halogens is 3. The fourth-order valence-corrected chi connectivity index (χ4v) is 9.32. The van der Waals surface area contributed by atoms with Gasteiger partial charge in [-0.05, 0) is 104 Å². The van der Waals surface area contributed by atoms with Crippen molar-refractivity contribution in [1.82, 2.24) is 0 Å². The van der Waals surface area contributed by atoms with Crippen molar-refractivity contribution < 1.29 is 17.9 Å². The first-order valence-corrected chi connectivity index (χ1v) is 12.0. The molecule has 0 saturated heterocycles. The monoisotopic (exact) mass is 414 g/mol. The van der Waals surface area contributed by atoms with Gasteiger partial charge < -0.3 is 4.74 Å². The molecule has 0 bridgehead atoms. The van der Waals surface area contributed by atoms with Gasteiger partial charge in [0.15, 0.2) is 0 Å². The van der Waals surface area contributed by atoms with Crippen LogP contribution in [0.2, 0.25) is 0 Å². The van der Waals surface area contributed by atoms with E-state index in [1.54, 1.807) is 7.11 Å². The number of fused-ring (bicyclic) bond motifs is 5. The molecule has 8 atom stereocenters. The minimum atomic E-state index is -4.04. The van der Waals surface area contributed by atoms with Gasteiger partial charge in [0.05, 0.1) is 12.5 Å². The predicted octanol–water partition coefficient (Wildman–Crippen LogP) is 7.50. The fourth-order valence-electron chi connectivity index (χ4n) is 9.32. The van der Waals surface area contributed by atoms with Crippen LogP contribution in [0.25, 0.3) is 0 Å². The van der Waals surface area contributed by atoms with Crippen LogP contribution < -0.4 is 0 Å². The highest BCUT2D eigenvalue weighted by Gasteiger charge is 2.63. The molecule has 4 heteroatoms. The Bertz CT molecular complexity index is 608. The van der Waals surface area contributed by atoms with E-state index >= 15 is 0 Å². The second-order valence-corrected chi connectivity index (χ2v) is 12.4. The van der Waals surface area contributed by atoms with E-state index in [1.807, 2.05) is 0 Å². The number of alkyl halides is 3. The molecule has 4 aliphatic rings. The lowest BCUT2D eigenvalue weighted by atomic mass is 9.43. The molecule has 4 aliphatic carbocycles. The van der Waals surface area contributed by atoms with E-state index in [1.165, 1.54) is 25.7 Å². The average Bonchev–Trinajstić information content (AvgIpc) is 2.98. The summed E-state index contributed by atoms with van der Waals surface area (Å²) >= 11 is 0. The van der Waals surface area contributed by atoms with Crippen molar-refractivity contribution in [2.24, 2.45) is 51.8 Å². The van der Waals surface area contributed by atoms with E-state index in [-0.39, 0.29) is 11.3 Å². The van der Waals surface area contributed by atoms with Crippen LogP contribution in [-0.4, -0.2) is 19.9 Å². The Balaban J connectivity index is 1.61. The normalized spacial score (nSPS) is 48.0. The van der Waals surface area contributed by atoms with Gasteiger partial charge in [0.2, 0.25) is 0 Å². The molecule has 168 valence electrons. The molecular weight excluding hydrogens is 373 g/mol. The Morgan fingerprint density at radius 3 is 2.24 bits per heavy atom. The molecule has 0 spiro atoms. The smallest absolute Gasteiger partial charge is 0.384 e. The Hall–Kier alpha value is -0.250. The third-order valence-corrected chi connectivity index (χ3v) is 10.3. The van der Waals surface area contributed by atoms with Crippen LogP contribution in [0.3, 0.4) is 0 Å². The summed E-state index contributed by atoms with van der Waals surface area (Å²) in [6.07, 6.45) is 4.52. The molecule has 8 unspecified atom stereocenters. The molecule has 0 heterocycles. The summed E-state index contributed by atoms with van der Waals surface area (Å²) < 4.78 is 46.2. The largest absolute Gasteiger partial charge is 0.391 e. The third-order valence-electron chi connectivity index (χ3n) is 10.3. The number of methoxy groups -OCH3 is 1. The molecule has 0 aromatic rings. The van der Waals surface area contributed by atoms with Crippen LogP contribution in [0.5, 0.6) is 0 Å². The van der Waals surface area contributed by atoms with Crippen LogP contribution in [0.15, 0.2) is 0 Å². The molecule has 0 aromatic heterocycles. The van der Waals surface area contributed by atoms with Gasteiger partial charge >= 0.3 is 6.18 Å². The van der Waals surface area contributed by atoms with Crippen LogP contribution in [-0.2, 0) is 4.74 Å². The maximum Gasteiger partial charge on any atom is 0.391 e. The van der Waals surface area contributed by atoms with Crippen molar-refractivity contribution in [3.05, 3.63) is 0 Å². The Morgan fingerprint density at radius 2 is 1.62 bits per heavy atom. The topological polar surface area (TPSA) is 9.23 Å². The van der Waals surface area contributed by atoms with Gasteiger partial charge in [-0.15, -0.1) is 0 Å². The zero-order chi connectivity index (χ0) is 21.2. The van der Waals surface area contributed by atoms with E-state index in [2.05, 4.69) is 27.7 Å². The van der Waals surface area contributed by atoms with E-state index in [0.717, 1.165) is 24.7 Å². The first-order valence-electron chi connectivity index (χ1n) is 12.0. The molecule has 4 rings (SSSR count). The first kappa shape index (κ1) is 22.0. The summed E-state index contributed by atoms with van der Waals surface area (Å²) in [5.74, 6) is 1.86. The predicted molar refractivity (Wildman–Crippen MR) is 110 cm³/mol. The number of ether oxygens (including phenoxy) is 1. The van der Waals surface area contributed by atoms with Crippen molar-refractivity contribution in [3.8, 4) is 0 Å². The summed E-state index contributed by atoms with van der Waals surface area (Å²) in [5.41, 5.74) is 0.729. The van der Waals surface area contributed by atoms with Gasteiger partial charge in [0, 0.05) is 7.11 Å². The summed E-state index contributed by atoms with van der Waals surface area (Å²) in [4.78, 5) is 0. The Labute approximate surface area is 175 Å². The van der Waals surface area contributed by atoms with Gasteiger partial charge in [0.1, 0.15) is 0 Å². The quantitative estimate of drug-likeness (QED) is 0.455. The van der Waals surface area contributed by atoms with Gasteiger partial charge in [-0.3, -0.25) is 0 Å². The lowest BCUT2D eigenvalue weighted by Crippen LogP contribution is -2.57. The third kappa shape index (κ3) is 3.38. The van der Waals surface area contributed by atoms with Crippen molar-refractivity contribution in [1.29, 1.82) is 0 Å². The summed E-state index contributed by atoms with van der Waals surface area (Å²) in [7, 11) is 1.75. The van der Waals surface area contributed by atoms with Crippen LogP contribution in [0, 0.1) is 51.8 Å². The zero-order valence-electron chi connectivity index (χ0n) is 19.1. The molecule has 1 nitrogen and oxygen atoms in total. The minimum Gasteiger partial charge on any atom is -0.384 e. The van der Waals surface area contributed by atoms with E-state index < -0.39 is 12.1 Å². The maximum absolute atomic E-state index is 13.5. The van der Waals surface area contributed by atoms with Crippen LogP contribution >= 0.6 is 0 Å². The summed E-state index contributed by atoms with van der Waals surface area (Å²) in [5, 5.41) is 0. The fraction of sp³-hybridized carbons (Fsp3) is 1.00. The molecule has 0 aliphatic heterocycles. The second kappa shape index (κ2) is 7.14. The Morgan fingerprint density at radius 1 is 0.897 bits per heavy atom. The second-order valence-electron chi connectivity index (χ2n) is 12.4. The van der Waals surface area contributed by atoms with Crippen LogP contribution in [0.1, 0.15) is 85.5 Å². The highest BCUT2D eigenvalue weighted by Crippen LogP contribution is 2.70. The van der Waals surface area contributed by atoms with Gasteiger partial charge in [-0.2, -0.15) is 13.2 Å². The zero-order valence-corrected chi connectivity index (χ0v) is 19.1. The Kier molecular flexibility index (Phi) is 5.40. The number of rotatable bonds is 2. The molecule has 4 fully saturated rings. The highest BCUT2D eigenvalue weighted by atomic mass is 19.4. The standard InChI is InChI=1S/C25H41F3O/c1-22(2,3)21-9-8-19-18-7-6-16-14-17(25(26,27)28)10-13-24(16,15-29-5)20(18)11-12-23(19,21)4/h16-21H,6-15H2,1-5H3. The average molecular weight is 415 g/mol. The van der Waals surface area contributed by atoms with Crippen molar-refractivity contribution >= 4 is 0 Å². The molecule has 29 heavy (non-hydrogen) atoms. The van der Waals surface area contributed by atoms with Crippen molar-refractivity contribution in [2.75, 3.05) is 13.7 Å². The lowest BCUT2D eigenvalue weighted by Gasteiger charge is -2.62. The highest BCUT2D eigenvalue weighted by molar-refractivity contribution is 5.11. The van der Waals surface area contributed by atoms with Crippen molar-refractivity contribution in [3.63, 3.8) is 0 Å². The molecular formula is C25H41F3O. The van der Waals surface area contributed by atoms with Crippen LogP contribution in [0.4, 0.5) is 13.2 Å². The van der Waals surface area contributed by atoms with E-state index in [9.17, 15) is 13.2 Å². The molecule has 0 radical (unpaired) electrons. The van der Waals surface area contributed by atoms with Gasteiger partial charge in [0.25, 0.3) is 0 Å². The molecule has 0 N–H and O–H groups in total. The van der Waals surface area contributed by atoms with E-state index in [4.69, 9.17) is 4.74 Å². The molecule has 4 saturated carbocycles. The molecule has 0 aromatic carbocycles. The maximum atomic E-state index is 13.5. The minimum absolute atomic E-state index is 0.0133. The molecule has 0 amide bonds. The van der Waals surface area contributed by atoms with Gasteiger partial charge in [-0.25, -0.2) is 0 Å². The van der Waals surface area contributed by atoms with Gasteiger partial charge in [-0.1, -0.05) is 27.7 Å². The van der Waals surface area contributed by atoms with Crippen molar-refractivity contribution in [2.45, 2.75) is 91.7 Å².